The molecule has 4 heteroatoms. The summed E-state index contributed by atoms with van der Waals surface area (Å²) in [5.74, 6) is 0.267. The molecule has 0 aromatic heterocycles. The predicted octanol–water partition coefficient (Wildman–Crippen LogP) is 1.49. The van der Waals surface area contributed by atoms with Crippen LogP contribution in [-0.4, -0.2) is 42.5 Å². The molecule has 0 aromatic rings. The Hall–Kier alpha value is -0.610. The van der Waals surface area contributed by atoms with Crippen LogP contribution in [0.3, 0.4) is 0 Å². The average molecular weight is 267 g/mol. The van der Waals surface area contributed by atoms with E-state index in [1.165, 1.54) is 19.4 Å². The number of nitrogens with one attached hydrogen (secondary N) is 1. The molecule has 1 aliphatic carbocycles. The molecule has 2 aliphatic rings. The lowest BCUT2D eigenvalue weighted by molar-refractivity contribution is -0.127. The molecule has 1 aliphatic heterocycles. The molecule has 2 rings (SSSR count). The van der Waals surface area contributed by atoms with E-state index in [1.807, 2.05) is 0 Å². The van der Waals surface area contributed by atoms with Crippen LogP contribution in [-0.2, 0) is 4.79 Å². The maximum absolute atomic E-state index is 12.3. The van der Waals surface area contributed by atoms with Crippen molar-refractivity contribution in [3.8, 4) is 0 Å². The minimum absolute atomic E-state index is 0.0578. The van der Waals surface area contributed by atoms with Gasteiger partial charge in [0.05, 0.1) is 5.92 Å². The Kier molecular flexibility index (Phi) is 5.64. The molecule has 3 N–H and O–H groups in total. The van der Waals surface area contributed by atoms with Crippen molar-refractivity contribution in [2.45, 2.75) is 64.0 Å². The molecule has 0 aromatic carbocycles. The third-order valence-corrected chi connectivity index (χ3v) is 4.63. The molecule has 1 saturated heterocycles. The summed E-state index contributed by atoms with van der Waals surface area (Å²) in [6.45, 7) is 5.65. The van der Waals surface area contributed by atoms with Gasteiger partial charge in [0.15, 0.2) is 0 Å². The van der Waals surface area contributed by atoms with E-state index in [0.29, 0.717) is 6.04 Å². The summed E-state index contributed by atoms with van der Waals surface area (Å²) in [6, 6.07) is 0.448. The number of amides is 1. The van der Waals surface area contributed by atoms with Crippen LogP contribution in [0.4, 0.5) is 0 Å². The zero-order chi connectivity index (χ0) is 13.7. The van der Waals surface area contributed by atoms with Gasteiger partial charge in [0.25, 0.3) is 0 Å². The summed E-state index contributed by atoms with van der Waals surface area (Å²) in [4.78, 5) is 14.8. The number of rotatable bonds is 4. The molecule has 2 fully saturated rings. The van der Waals surface area contributed by atoms with E-state index in [0.717, 1.165) is 45.2 Å². The molecule has 110 valence electrons. The van der Waals surface area contributed by atoms with Gasteiger partial charge in [-0.05, 0) is 38.6 Å². The zero-order valence-electron chi connectivity index (χ0n) is 12.2. The van der Waals surface area contributed by atoms with Crippen LogP contribution in [0.5, 0.6) is 0 Å². The number of carbonyl (C=O) groups excluding carboxylic acids is 1. The molecule has 1 amide bonds. The molecule has 0 spiro atoms. The van der Waals surface area contributed by atoms with Crippen LogP contribution in [0.2, 0.25) is 0 Å². The number of piperidine rings is 1. The highest BCUT2D eigenvalue weighted by molar-refractivity contribution is 5.79. The summed E-state index contributed by atoms with van der Waals surface area (Å²) in [7, 11) is 0. The normalized spacial score (nSPS) is 30.2. The van der Waals surface area contributed by atoms with Crippen molar-refractivity contribution >= 4 is 5.91 Å². The van der Waals surface area contributed by atoms with Crippen LogP contribution in [0.25, 0.3) is 0 Å². The predicted molar refractivity (Wildman–Crippen MR) is 77.8 cm³/mol. The quantitative estimate of drug-likeness (QED) is 0.811. The van der Waals surface area contributed by atoms with Crippen molar-refractivity contribution in [2.24, 2.45) is 11.7 Å². The van der Waals surface area contributed by atoms with Crippen molar-refractivity contribution in [1.82, 2.24) is 10.2 Å². The van der Waals surface area contributed by atoms with E-state index in [2.05, 4.69) is 17.1 Å². The van der Waals surface area contributed by atoms with Crippen molar-refractivity contribution in [3.63, 3.8) is 0 Å². The van der Waals surface area contributed by atoms with Gasteiger partial charge < -0.3 is 16.0 Å². The van der Waals surface area contributed by atoms with Crippen molar-refractivity contribution in [3.05, 3.63) is 0 Å². The molecule has 0 bridgehead atoms. The molecule has 2 unspecified atom stereocenters. The first-order valence-corrected chi connectivity index (χ1v) is 7.99. The van der Waals surface area contributed by atoms with Gasteiger partial charge in [-0.25, -0.2) is 0 Å². The second-order valence-corrected chi connectivity index (χ2v) is 6.18. The minimum Gasteiger partial charge on any atom is -0.353 e. The maximum atomic E-state index is 12.3. The first-order valence-electron chi connectivity index (χ1n) is 7.99. The van der Waals surface area contributed by atoms with Crippen LogP contribution in [0.15, 0.2) is 0 Å². The van der Waals surface area contributed by atoms with Crippen molar-refractivity contribution in [2.75, 3.05) is 19.6 Å². The van der Waals surface area contributed by atoms with Gasteiger partial charge in [0, 0.05) is 25.2 Å². The van der Waals surface area contributed by atoms with E-state index in [4.69, 9.17) is 5.73 Å². The highest BCUT2D eigenvalue weighted by atomic mass is 16.2. The molecular weight excluding hydrogens is 238 g/mol. The lowest BCUT2D eigenvalue weighted by atomic mass is 9.84. The SMILES string of the molecule is CCCN1CCC(NC(=O)C2CCCCC2N)CC1. The third-order valence-electron chi connectivity index (χ3n) is 4.63. The van der Waals surface area contributed by atoms with Gasteiger partial charge in [-0.3, -0.25) is 4.79 Å². The molecule has 0 radical (unpaired) electrons. The number of hydrogen-bond acceptors (Lipinski definition) is 3. The third kappa shape index (κ3) is 4.18. The lowest BCUT2D eigenvalue weighted by Gasteiger charge is -2.34. The Balaban J connectivity index is 1.74. The topological polar surface area (TPSA) is 58.4 Å². The summed E-state index contributed by atoms with van der Waals surface area (Å²) in [5, 5.41) is 3.24. The second kappa shape index (κ2) is 7.25. The molecule has 4 nitrogen and oxygen atoms in total. The number of nitrogens with zero attached hydrogens (tertiary/aromatic N) is 1. The summed E-state index contributed by atoms with van der Waals surface area (Å²) < 4.78 is 0. The van der Waals surface area contributed by atoms with Crippen LogP contribution < -0.4 is 11.1 Å². The molecule has 1 saturated carbocycles. The van der Waals surface area contributed by atoms with Crippen LogP contribution >= 0.6 is 0 Å². The molecular formula is C15H29N3O. The Morgan fingerprint density at radius 2 is 1.89 bits per heavy atom. The number of hydrogen-bond donors (Lipinski definition) is 2. The van der Waals surface area contributed by atoms with E-state index < -0.39 is 0 Å². The van der Waals surface area contributed by atoms with E-state index in [9.17, 15) is 4.79 Å². The largest absolute Gasteiger partial charge is 0.353 e. The Labute approximate surface area is 117 Å². The van der Waals surface area contributed by atoms with Gasteiger partial charge in [0.1, 0.15) is 0 Å². The molecule has 19 heavy (non-hydrogen) atoms. The highest BCUT2D eigenvalue weighted by Gasteiger charge is 2.30. The minimum atomic E-state index is 0.0578. The summed E-state index contributed by atoms with van der Waals surface area (Å²) in [6.07, 6.45) is 7.71. The van der Waals surface area contributed by atoms with Crippen LogP contribution in [0, 0.1) is 5.92 Å². The lowest BCUT2D eigenvalue weighted by Crippen LogP contribution is -2.50. The average Bonchev–Trinajstić information content (AvgIpc) is 2.42. The zero-order valence-corrected chi connectivity index (χ0v) is 12.2. The van der Waals surface area contributed by atoms with Crippen molar-refractivity contribution in [1.29, 1.82) is 0 Å². The smallest absolute Gasteiger partial charge is 0.224 e. The number of likely N-dealkylation sites (tertiary alicyclic amines) is 1. The summed E-state index contributed by atoms with van der Waals surface area (Å²) >= 11 is 0. The van der Waals surface area contributed by atoms with E-state index in [-0.39, 0.29) is 17.9 Å². The number of nitrogens with two attached hydrogens (primary N) is 1. The number of carbonyl (C=O) groups is 1. The fourth-order valence-electron chi connectivity index (χ4n) is 3.41. The fourth-order valence-corrected chi connectivity index (χ4v) is 3.41. The maximum Gasteiger partial charge on any atom is 0.224 e. The first kappa shape index (κ1) is 14.8. The summed E-state index contributed by atoms with van der Waals surface area (Å²) in [5.41, 5.74) is 6.08. The first-order chi connectivity index (χ1) is 9.20. The van der Waals surface area contributed by atoms with Crippen LogP contribution in [0.1, 0.15) is 51.9 Å². The Morgan fingerprint density at radius 3 is 2.53 bits per heavy atom. The van der Waals surface area contributed by atoms with Gasteiger partial charge in [0.2, 0.25) is 5.91 Å². The van der Waals surface area contributed by atoms with E-state index in [1.54, 1.807) is 0 Å². The molecule has 1 heterocycles. The van der Waals surface area contributed by atoms with E-state index >= 15 is 0 Å². The Morgan fingerprint density at radius 1 is 1.21 bits per heavy atom. The molecule has 2 atom stereocenters. The van der Waals surface area contributed by atoms with Gasteiger partial charge in [-0.1, -0.05) is 19.8 Å². The fraction of sp³-hybridized carbons (Fsp3) is 0.933. The van der Waals surface area contributed by atoms with Gasteiger partial charge in [-0.2, -0.15) is 0 Å². The van der Waals surface area contributed by atoms with Gasteiger partial charge >= 0.3 is 0 Å². The standard InChI is InChI=1S/C15H29N3O/c1-2-9-18-10-7-12(8-11-18)17-15(19)13-5-3-4-6-14(13)16/h12-14H,2-11,16H2,1H3,(H,17,19). The Bertz CT molecular complexity index is 287. The second-order valence-electron chi connectivity index (χ2n) is 6.18. The van der Waals surface area contributed by atoms with Gasteiger partial charge in [-0.15, -0.1) is 0 Å². The van der Waals surface area contributed by atoms with Crippen molar-refractivity contribution < 1.29 is 4.79 Å². The highest BCUT2D eigenvalue weighted by Crippen LogP contribution is 2.23. The monoisotopic (exact) mass is 267 g/mol.